The number of nitrogens with zero attached hydrogens (tertiary/aromatic N) is 2. The molecule has 0 saturated heterocycles. The summed E-state index contributed by atoms with van der Waals surface area (Å²) < 4.78 is 0. The summed E-state index contributed by atoms with van der Waals surface area (Å²) in [4.78, 5) is 37.6. The second kappa shape index (κ2) is 8.52. The number of non-ortho nitro benzene ring substituents is 1. The van der Waals surface area contributed by atoms with Gasteiger partial charge in [0.1, 0.15) is 0 Å². The van der Waals surface area contributed by atoms with Crippen molar-refractivity contribution >= 4 is 17.4 Å². The van der Waals surface area contributed by atoms with Crippen molar-refractivity contribution in [2.45, 2.75) is 19.3 Å². The molecule has 0 aliphatic heterocycles. The second-order valence-electron chi connectivity index (χ2n) is 5.19. The first kappa shape index (κ1) is 17.3. The molecule has 2 aromatic rings. The summed E-state index contributed by atoms with van der Waals surface area (Å²) in [7, 11) is 0. The van der Waals surface area contributed by atoms with Gasteiger partial charge in [0, 0.05) is 49.5 Å². The molecular weight excluding hydrogens is 310 g/mol. The normalized spacial score (nSPS) is 10.2. The Labute approximate surface area is 138 Å². The van der Waals surface area contributed by atoms with Crippen molar-refractivity contribution in [1.82, 2.24) is 10.3 Å². The molecule has 0 aliphatic carbocycles. The molecule has 0 fully saturated rings. The Morgan fingerprint density at radius 3 is 2.50 bits per heavy atom. The van der Waals surface area contributed by atoms with E-state index in [1.54, 1.807) is 30.5 Å². The Morgan fingerprint density at radius 2 is 1.88 bits per heavy atom. The third kappa shape index (κ3) is 5.28. The van der Waals surface area contributed by atoms with Crippen LogP contribution in [0.15, 0.2) is 48.8 Å². The first-order valence-corrected chi connectivity index (χ1v) is 7.49. The van der Waals surface area contributed by atoms with E-state index in [-0.39, 0.29) is 30.2 Å². The topological polar surface area (TPSA) is 102 Å². The van der Waals surface area contributed by atoms with Crippen molar-refractivity contribution in [2.75, 3.05) is 6.54 Å². The van der Waals surface area contributed by atoms with Gasteiger partial charge in [-0.15, -0.1) is 0 Å². The monoisotopic (exact) mass is 327 g/mol. The third-order valence-corrected chi connectivity index (χ3v) is 3.45. The number of carbonyl (C=O) groups is 2. The molecule has 1 aromatic heterocycles. The quantitative estimate of drug-likeness (QED) is 0.455. The van der Waals surface area contributed by atoms with E-state index in [0.29, 0.717) is 18.5 Å². The van der Waals surface area contributed by atoms with Crippen LogP contribution in [0, 0.1) is 10.1 Å². The maximum absolute atomic E-state index is 11.9. The number of hydrogen-bond donors (Lipinski definition) is 1. The van der Waals surface area contributed by atoms with Gasteiger partial charge in [-0.25, -0.2) is 0 Å². The standard InChI is InChI=1S/C17H17N3O4/c21-16(14-2-1-10-18-12-14)7-8-17(22)19-11-9-13-3-5-15(6-4-13)20(23)24/h1-6,10,12H,7-9,11H2,(H,19,22). The number of nitro benzene ring substituents is 1. The van der Waals surface area contributed by atoms with Crippen molar-refractivity contribution in [2.24, 2.45) is 0 Å². The summed E-state index contributed by atoms with van der Waals surface area (Å²) in [6, 6.07) is 9.54. The number of pyridine rings is 1. The van der Waals surface area contributed by atoms with E-state index in [0.717, 1.165) is 5.56 Å². The maximum Gasteiger partial charge on any atom is 0.269 e. The van der Waals surface area contributed by atoms with Crippen LogP contribution in [-0.4, -0.2) is 28.1 Å². The first-order chi connectivity index (χ1) is 11.6. The molecule has 0 unspecified atom stereocenters. The highest BCUT2D eigenvalue weighted by Gasteiger charge is 2.09. The lowest BCUT2D eigenvalue weighted by atomic mass is 10.1. The van der Waals surface area contributed by atoms with Crippen LogP contribution < -0.4 is 5.32 Å². The minimum absolute atomic E-state index is 0.0386. The zero-order valence-corrected chi connectivity index (χ0v) is 13.0. The molecule has 0 aliphatic rings. The lowest BCUT2D eigenvalue weighted by Crippen LogP contribution is -2.26. The van der Waals surface area contributed by atoms with Gasteiger partial charge in [0.2, 0.25) is 5.91 Å². The predicted octanol–water partition coefficient (Wildman–Crippen LogP) is 2.31. The van der Waals surface area contributed by atoms with Gasteiger partial charge in [0.15, 0.2) is 5.78 Å². The summed E-state index contributed by atoms with van der Waals surface area (Å²) >= 11 is 0. The lowest BCUT2D eigenvalue weighted by molar-refractivity contribution is -0.384. The van der Waals surface area contributed by atoms with E-state index in [4.69, 9.17) is 0 Å². The van der Waals surface area contributed by atoms with E-state index < -0.39 is 4.92 Å². The van der Waals surface area contributed by atoms with Gasteiger partial charge >= 0.3 is 0 Å². The Morgan fingerprint density at radius 1 is 1.12 bits per heavy atom. The molecule has 0 bridgehead atoms. The summed E-state index contributed by atoms with van der Waals surface area (Å²) in [6.07, 6.45) is 3.89. The average molecular weight is 327 g/mol. The van der Waals surface area contributed by atoms with Crippen molar-refractivity contribution in [3.05, 3.63) is 70.0 Å². The van der Waals surface area contributed by atoms with Crippen LogP contribution in [0.2, 0.25) is 0 Å². The zero-order valence-electron chi connectivity index (χ0n) is 13.0. The molecule has 1 amide bonds. The van der Waals surface area contributed by atoms with E-state index >= 15 is 0 Å². The molecule has 2 rings (SSSR count). The Hall–Kier alpha value is -3.09. The number of nitro groups is 1. The van der Waals surface area contributed by atoms with Gasteiger partial charge in [-0.2, -0.15) is 0 Å². The number of Topliss-reactive ketones (excluding diaryl/α,β-unsaturated/α-hetero) is 1. The number of ketones is 1. The fourth-order valence-electron chi connectivity index (χ4n) is 2.12. The number of nitrogens with one attached hydrogen (secondary N) is 1. The summed E-state index contributed by atoms with van der Waals surface area (Å²) in [5, 5.41) is 13.3. The van der Waals surface area contributed by atoms with Crippen LogP contribution in [0.4, 0.5) is 5.69 Å². The Balaban J connectivity index is 1.69. The minimum Gasteiger partial charge on any atom is -0.356 e. The Bertz CT molecular complexity index is 714. The molecule has 1 N–H and O–H groups in total. The van der Waals surface area contributed by atoms with Gasteiger partial charge in [-0.05, 0) is 24.1 Å². The summed E-state index contributed by atoms with van der Waals surface area (Å²) in [6.45, 7) is 0.414. The smallest absolute Gasteiger partial charge is 0.269 e. The summed E-state index contributed by atoms with van der Waals surface area (Å²) in [5.74, 6) is -0.317. The molecule has 1 heterocycles. The van der Waals surface area contributed by atoms with Crippen LogP contribution >= 0.6 is 0 Å². The molecule has 124 valence electrons. The average Bonchev–Trinajstić information content (AvgIpc) is 2.61. The molecule has 0 spiro atoms. The number of benzene rings is 1. The van der Waals surface area contributed by atoms with E-state index in [1.165, 1.54) is 18.3 Å². The van der Waals surface area contributed by atoms with Gasteiger partial charge < -0.3 is 5.32 Å². The van der Waals surface area contributed by atoms with Gasteiger partial charge in [-0.3, -0.25) is 24.7 Å². The largest absolute Gasteiger partial charge is 0.356 e. The molecule has 0 saturated carbocycles. The van der Waals surface area contributed by atoms with Crippen LogP contribution in [0.1, 0.15) is 28.8 Å². The molecule has 0 radical (unpaired) electrons. The SMILES string of the molecule is O=C(CCC(=O)c1cccnc1)NCCc1ccc([N+](=O)[O-])cc1. The first-order valence-electron chi connectivity index (χ1n) is 7.49. The number of rotatable bonds is 8. The highest BCUT2D eigenvalue weighted by molar-refractivity contribution is 5.97. The molecule has 7 nitrogen and oxygen atoms in total. The summed E-state index contributed by atoms with van der Waals surface area (Å²) in [5.41, 5.74) is 1.43. The highest BCUT2D eigenvalue weighted by atomic mass is 16.6. The number of carbonyl (C=O) groups excluding carboxylic acids is 2. The van der Waals surface area contributed by atoms with E-state index in [9.17, 15) is 19.7 Å². The van der Waals surface area contributed by atoms with Crippen LogP contribution in [-0.2, 0) is 11.2 Å². The van der Waals surface area contributed by atoms with Crippen LogP contribution in [0.5, 0.6) is 0 Å². The molecule has 7 heteroatoms. The highest BCUT2D eigenvalue weighted by Crippen LogP contribution is 2.12. The number of aromatic nitrogens is 1. The fourth-order valence-corrected chi connectivity index (χ4v) is 2.12. The Kier molecular flexibility index (Phi) is 6.13. The van der Waals surface area contributed by atoms with Crippen molar-refractivity contribution < 1.29 is 14.5 Å². The number of amides is 1. The third-order valence-electron chi connectivity index (χ3n) is 3.45. The maximum atomic E-state index is 11.9. The van der Waals surface area contributed by atoms with Crippen molar-refractivity contribution in [1.29, 1.82) is 0 Å². The molecule has 24 heavy (non-hydrogen) atoms. The molecular formula is C17H17N3O4. The molecule has 0 atom stereocenters. The predicted molar refractivity (Wildman–Crippen MR) is 87.6 cm³/mol. The zero-order chi connectivity index (χ0) is 17.4. The van der Waals surface area contributed by atoms with E-state index in [1.807, 2.05) is 0 Å². The fraction of sp³-hybridized carbons (Fsp3) is 0.235. The van der Waals surface area contributed by atoms with Gasteiger partial charge in [0.25, 0.3) is 5.69 Å². The van der Waals surface area contributed by atoms with E-state index in [2.05, 4.69) is 10.3 Å². The van der Waals surface area contributed by atoms with Crippen molar-refractivity contribution in [3.8, 4) is 0 Å². The van der Waals surface area contributed by atoms with Crippen molar-refractivity contribution in [3.63, 3.8) is 0 Å². The van der Waals surface area contributed by atoms with Crippen LogP contribution in [0.25, 0.3) is 0 Å². The second-order valence-corrected chi connectivity index (χ2v) is 5.19. The minimum atomic E-state index is -0.454. The lowest BCUT2D eigenvalue weighted by Gasteiger charge is -2.05. The number of hydrogen-bond acceptors (Lipinski definition) is 5. The van der Waals surface area contributed by atoms with Gasteiger partial charge in [-0.1, -0.05) is 12.1 Å². The molecule has 1 aromatic carbocycles. The van der Waals surface area contributed by atoms with Crippen LogP contribution in [0.3, 0.4) is 0 Å². The van der Waals surface area contributed by atoms with Gasteiger partial charge in [0.05, 0.1) is 4.92 Å².